The van der Waals surface area contributed by atoms with E-state index in [4.69, 9.17) is 5.73 Å². The van der Waals surface area contributed by atoms with E-state index in [1.165, 1.54) is 70.8 Å². The van der Waals surface area contributed by atoms with Gasteiger partial charge in [-0.3, -0.25) is 43.2 Å². The molecule has 3 aliphatic heterocycles. The molecule has 0 bridgehead atoms. The number of nitrogens with two attached hydrogens (primary N) is 1. The molecule has 0 aromatic carbocycles. The van der Waals surface area contributed by atoms with Crippen molar-refractivity contribution in [1.82, 2.24) is 30.7 Å². The molecular formula is C36H57N7O12S3. The smallest absolute Gasteiger partial charge is 0.225 e. The molecule has 0 spiro atoms. The number of carbonyl (C=O) groups excluding carboxylic acids is 9. The summed E-state index contributed by atoms with van der Waals surface area (Å²) in [5, 5.41) is 35.3. The van der Waals surface area contributed by atoms with Crippen LogP contribution in [0.1, 0.15) is 65.7 Å². The first-order valence-electron chi connectivity index (χ1n) is 19.2. The Kier molecular flexibility index (Phi) is 20.4. The number of ketones is 3. The van der Waals surface area contributed by atoms with Gasteiger partial charge in [-0.1, -0.05) is 0 Å². The Balaban J connectivity index is 1.56. The number of thioether (sulfide) groups is 3. The number of nitrogens with zero attached hydrogens (tertiary/aromatic N) is 3. The number of rotatable bonds is 23. The molecular weight excluding hydrogens is 819 g/mol. The van der Waals surface area contributed by atoms with Gasteiger partial charge < -0.3 is 51.7 Å². The van der Waals surface area contributed by atoms with E-state index >= 15 is 0 Å². The molecule has 3 heterocycles. The van der Waals surface area contributed by atoms with Gasteiger partial charge >= 0.3 is 0 Å². The number of hydrogen-bond acceptors (Lipinski definition) is 16. The molecule has 0 saturated carbocycles. The van der Waals surface area contributed by atoms with E-state index in [2.05, 4.69) is 16.0 Å². The summed E-state index contributed by atoms with van der Waals surface area (Å²) in [7, 11) is 0. The fourth-order valence-electron chi connectivity index (χ4n) is 7.00. The van der Waals surface area contributed by atoms with Gasteiger partial charge in [-0.25, -0.2) is 0 Å². The maximum absolute atomic E-state index is 13.1. The molecule has 3 fully saturated rings. The Bertz CT molecular complexity index is 1530. The van der Waals surface area contributed by atoms with Crippen molar-refractivity contribution in [3.63, 3.8) is 0 Å². The van der Waals surface area contributed by atoms with E-state index in [1.54, 1.807) is 0 Å². The predicted octanol–water partition coefficient (Wildman–Crippen LogP) is -2.44. The quantitative estimate of drug-likeness (QED) is 0.0562. The van der Waals surface area contributed by atoms with Crippen LogP contribution in [0.2, 0.25) is 0 Å². The minimum atomic E-state index is -0.928. The van der Waals surface area contributed by atoms with E-state index < -0.39 is 81.6 Å². The SMILES string of the molecule is CC(=O)C1CSC(CO)N1C(=O)CCNC(=O)CCC(CC(=O)NCCC(=O)N1C(CO)SCC1C(C)=O)C(N)CC(=O)NCCC(=O)N1C(CO)SCC1C(C)=O. The van der Waals surface area contributed by atoms with Gasteiger partial charge in [0.05, 0.1) is 19.8 Å². The molecule has 8 atom stereocenters. The summed E-state index contributed by atoms with van der Waals surface area (Å²) in [5.74, 6) is -2.96. The summed E-state index contributed by atoms with van der Waals surface area (Å²) in [6, 6.07) is -2.93. The van der Waals surface area contributed by atoms with Crippen LogP contribution < -0.4 is 21.7 Å². The van der Waals surface area contributed by atoms with Crippen molar-refractivity contribution in [2.45, 2.75) is 106 Å². The molecule has 3 aliphatic rings. The normalized spacial score (nSPS) is 23.9. The van der Waals surface area contributed by atoms with Crippen molar-refractivity contribution < 1.29 is 58.5 Å². The molecule has 0 aliphatic carbocycles. The second kappa shape index (κ2) is 24.1. The summed E-state index contributed by atoms with van der Waals surface area (Å²) in [5.41, 5.74) is 6.44. The molecule has 326 valence electrons. The van der Waals surface area contributed by atoms with Crippen LogP contribution in [-0.4, -0.2) is 180 Å². The van der Waals surface area contributed by atoms with E-state index in [9.17, 15) is 58.5 Å². The van der Waals surface area contributed by atoms with Crippen LogP contribution in [0.4, 0.5) is 0 Å². The average Bonchev–Trinajstić information content (AvgIpc) is 3.93. The summed E-state index contributed by atoms with van der Waals surface area (Å²) < 4.78 is 0. The highest BCUT2D eigenvalue weighted by Crippen LogP contribution is 2.32. The lowest BCUT2D eigenvalue weighted by Crippen LogP contribution is -2.47. The van der Waals surface area contributed by atoms with E-state index in [0.29, 0.717) is 17.3 Å². The second-order valence-electron chi connectivity index (χ2n) is 14.4. The zero-order chi connectivity index (χ0) is 43.1. The number of amides is 6. The number of aliphatic hydroxyl groups is 3. The van der Waals surface area contributed by atoms with Crippen molar-refractivity contribution in [3.8, 4) is 0 Å². The molecule has 0 radical (unpaired) electrons. The van der Waals surface area contributed by atoms with Gasteiger partial charge in [0.15, 0.2) is 17.3 Å². The Hall–Kier alpha value is -3.28. The third-order valence-corrected chi connectivity index (χ3v) is 14.0. The summed E-state index contributed by atoms with van der Waals surface area (Å²) in [4.78, 5) is 118. The van der Waals surface area contributed by atoms with Gasteiger partial charge in [-0.15, -0.1) is 35.3 Å². The van der Waals surface area contributed by atoms with Crippen LogP contribution in [0, 0.1) is 5.92 Å². The first-order chi connectivity index (χ1) is 27.5. The monoisotopic (exact) mass is 875 g/mol. The molecule has 3 rings (SSSR count). The van der Waals surface area contributed by atoms with Gasteiger partial charge in [-0.2, -0.15) is 0 Å². The molecule has 0 aromatic rings. The molecule has 6 amide bonds. The summed E-state index contributed by atoms with van der Waals surface area (Å²) >= 11 is 3.89. The second-order valence-corrected chi connectivity index (χ2v) is 18.0. The lowest BCUT2D eigenvalue weighted by molar-refractivity contribution is -0.139. The zero-order valence-electron chi connectivity index (χ0n) is 33.1. The Labute approximate surface area is 350 Å². The number of nitrogens with one attached hydrogen (secondary N) is 3. The fourth-order valence-corrected chi connectivity index (χ4v) is 11.0. The van der Waals surface area contributed by atoms with Crippen molar-refractivity contribution in [2.75, 3.05) is 56.7 Å². The lowest BCUT2D eigenvalue weighted by Gasteiger charge is -2.27. The standard InChI is InChI=1S/C36H57N7O12S3/c1-20(47)25-17-56-34(14-44)41(25)31(53)6-9-38-28(50)5-4-23(12-29(51)39-10-7-32(54)42-26(21(2)48)18-57-35(42)15-45)24(37)13-30(52)40-11-8-33(55)43-27(22(3)49)19-58-36(43)16-46/h23-27,34-36,44-46H,4-19,37H2,1-3H3,(H,38,50)(H,39,51)(H,40,52). The number of aliphatic hydroxyl groups excluding tert-OH is 3. The van der Waals surface area contributed by atoms with Gasteiger partial charge in [0.25, 0.3) is 0 Å². The molecule has 0 aromatic heterocycles. The molecule has 8 N–H and O–H groups in total. The van der Waals surface area contributed by atoms with Gasteiger partial charge in [0, 0.05) is 81.5 Å². The van der Waals surface area contributed by atoms with Crippen molar-refractivity contribution in [1.29, 1.82) is 0 Å². The highest BCUT2D eigenvalue weighted by Gasteiger charge is 2.41. The van der Waals surface area contributed by atoms with Crippen LogP contribution in [0.5, 0.6) is 0 Å². The molecule has 58 heavy (non-hydrogen) atoms. The van der Waals surface area contributed by atoms with Crippen LogP contribution in [-0.2, 0) is 43.2 Å². The predicted molar refractivity (Wildman–Crippen MR) is 217 cm³/mol. The Morgan fingerprint density at radius 1 is 0.552 bits per heavy atom. The van der Waals surface area contributed by atoms with Crippen molar-refractivity contribution in [3.05, 3.63) is 0 Å². The fraction of sp³-hybridized carbons (Fsp3) is 0.750. The molecule has 3 saturated heterocycles. The van der Waals surface area contributed by atoms with Crippen LogP contribution in [0.25, 0.3) is 0 Å². The first kappa shape index (κ1) is 49.1. The minimum Gasteiger partial charge on any atom is -0.393 e. The van der Waals surface area contributed by atoms with E-state index in [-0.39, 0.29) is 102 Å². The van der Waals surface area contributed by atoms with Gasteiger partial charge in [0.1, 0.15) is 34.2 Å². The van der Waals surface area contributed by atoms with Crippen molar-refractivity contribution in [2.24, 2.45) is 11.7 Å². The summed E-state index contributed by atoms with van der Waals surface area (Å²) in [6.45, 7) is 2.93. The lowest BCUT2D eigenvalue weighted by atomic mass is 9.89. The van der Waals surface area contributed by atoms with E-state index in [1.807, 2.05) is 0 Å². The Morgan fingerprint density at radius 2 is 0.879 bits per heavy atom. The van der Waals surface area contributed by atoms with E-state index in [0.717, 1.165) is 0 Å². The number of hydrogen-bond donors (Lipinski definition) is 7. The number of carbonyl (C=O) groups is 9. The minimum absolute atomic E-state index is 0.0482. The third kappa shape index (κ3) is 13.9. The highest BCUT2D eigenvalue weighted by atomic mass is 32.2. The van der Waals surface area contributed by atoms with Gasteiger partial charge in [0.2, 0.25) is 35.4 Å². The first-order valence-corrected chi connectivity index (χ1v) is 22.4. The number of Topliss-reactive ketones (excluding diaryl/α,β-unsaturated/α-hetero) is 3. The Morgan fingerprint density at radius 3 is 1.21 bits per heavy atom. The molecule has 19 nitrogen and oxygen atoms in total. The van der Waals surface area contributed by atoms with Crippen LogP contribution in [0.3, 0.4) is 0 Å². The molecule has 8 unspecified atom stereocenters. The average molecular weight is 876 g/mol. The van der Waals surface area contributed by atoms with Crippen LogP contribution >= 0.6 is 35.3 Å². The highest BCUT2D eigenvalue weighted by molar-refractivity contribution is 8.00. The zero-order valence-corrected chi connectivity index (χ0v) is 35.5. The largest absolute Gasteiger partial charge is 0.393 e. The maximum atomic E-state index is 13.1. The van der Waals surface area contributed by atoms with Crippen molar-refractivity contribution >= 4 is 88.1 Å². The van der Waals surface area contributed by atoms with Gasteiger partial charge in [-0.05, 0) is 33.1 Å². The van der Waals surface area contributed by atoms with Crippen LogP contribution in [0.15, 0.2) is 0 Å². The topological polar surface area (TPSA) is 286 Å². The summed E-state index contributed by atoms with van der Waals surface area (Å²) in [6.07, 6.45) is -0.942. The third-order valence-electron chi connectivity index (χ3n) is 10.2. The molecule has 22 heteroatoms. The maximum Gasteiger partial charge on any atom is 0.225 e.